The second-order valence-corrected chi connectivity index (χ2v) is 4.74. The van der Waals surface area contributed by atoms with Gasteiger partial charge >= 0.3 is 6.36 Å². The smallest absolute Gasteiger partial charge is 0.405 e. The fourth-order valence-electron chi connectivity index (χ4n) is 1.37. The Bertz CT molecular complexity index is 429. The number of nitrogens with one attached hydrogen (secondary N) is 1. The highest BCUT2D eigenvalue weighted by molar-refractivity contribution is 9.10. The minimum atomic E-state index is -4.73. The molecule has 0 bridgehead atoms. The monoisotopic (exact) mass is 357 g/mol. The van der Waals surface area contributed by atoms with Crippen molar-refractivity contribution in [3.05, 3.63) is 22.7 Å². The zero-order valence-corrected chi connectivity index (χ0v) is 12.3. The third-order valence-electron chi connectivity index (χ3n) is 2.21. The van der Waals surface area contributed by atoms with E-state index in [4.69, 9.17) is 4.74 Å². The predicted octanol–water partition coefficient (Wildman–Crippen LogP) is 3.16. The summed E-state index contributed by atoms with van der Waals surface area (Å²) in [4.78, 5) is 0. The summed E-state index contributed by atoms with van der Waals surface area (Å²) in [7, 11) is 0. The van der Waals surface area contributed by atoms with E-state index >= 15 is 0 Å². The molecule has 0 heterocycles. The van der Waals surface area contributed by atoms with Crippen LogP contribution in [-0.4, -0.2) is 37.3 Å². The van der Waals surface area contributed by atoms with Crippen LogP contribution in [0, 0.1) is 0 Å². The highest BCUT2D eigenvalue weighted by atomic mass is 79.9. The first-order valence-electron chi connectivity index (χ1n) is 5.86. The number of hydrogen-bond donors (Lipinski definition) is 2. The van der Waals surface area contributed by atoms with Gasteiger partial charge in [0, 0.05) is 18.8 Å². The van der Waals surface area contributed by atoms with Crippen molar-refractivity contribution in [1.82, 2.24) is 0 Å². The van der Waals surface area contributed by atoms with Crippen molar-refractivity contribution in [3.63, 3.8) is 0 Å². The van der Waals surface area contributed by atoms with Crippen LogP contribution in [0.1, 0.15) is 6.92 Å². The van der Waals surface area contributed by atoms with Crippen molar-refractivity contribution in [2.24, 2.45) is 0 Å². The zero-order valence-electron chi connectivity index (χ0n) is 10.7. The van der Waals surface area contributed by atoms with Gasteiger partial charge in [-0.15, -0.1) is 13.2 Å². The molecule has 1 aromatic rings. The number of anilines is 1. The number of halogens is 4. The van der Waals surface area contributed by atoms with Crippen molar-refractivity contribution in [1.29, 1.82) is 0 Å². The lowest BCUT2D eigenvalue weighted by atomic mass is 10.3. The van der Waals surface area contributed by atoms with Gasteiger partial charge in [-0.05, 0) is 41.1 Å². The van der Waals surface area contributed by atoms with Gasteiger partial charge in [0.2, 0.25) is 0 Å². The number of rotatable bonds is 7. The summed E-state index contributed by atoms with van der Waals surface area (Å²) in [5.41, 5.74) is 0.557. The van der Waals surface area contributed by atoms with E-state index in [1.807, 2.05) is 6.92 Å². The molecule has 1 unspecified atom stereocenters. The first-order chi connectivity index (χ1) is 9.31. The molecule has 0 saturated carbocycles. The predicted molar refractivity (Wildman–Crippen MR) is 71.8 cm³/mol. The van der Waals surface area contributed by atoms with Crippen LogP contribution in [0.2, 0.25) is 0 Å². The molecule has 0 amide bonds. The summed E-state index contributed by atoms with van der Waals surface area (Å²) < 4.78 is 45.3. The lowest BCUT2D eigenvalue weighted by Gasteiger charge is -2.14. The summed E-state index contributed by atoms with van der Waals surface area (Å²) in [5, 5.41) is 12.4. The van der Waals surface area contributed by atoms with Crippen LogP contribution in [0.3, 0.4) is 0 Å². The van der Waals surface area contributed by atoms with Gasteiger partial charge in [-0.2, -0.15) is 0 Å². The van der Waals surface area contributed by atoms with E-state index in [0.717, 1.165) is 0 Å². The third kappa shape index (κ3) is 6.44. The molecule has 0 aliphatic rings. The number of aliphatic hydroxyl groups is 1. The number of hydrogen-bond acceptors (Lipinski definition) is 4. The summed E-state index contributed by atoms with van der Waals surface area (Å²) in [6.45, 7) is 2.74. The van der Waals surface area contributed by atoms with Crippen molar-refractivity contribution in [2.45, 2.75) is 19.4 Å². The Hall–Kier alpha value is -0.990. The largest absolute Gasteiger partial charge is 0.573 e. The maximum absolute atomic E-state index is 12.1. The molecule has 4 nitrogen and oxygen atoms in total. The minimum absolute atomic E-state index is 0.166. The Morgan fingerprint density at radius 3 is 2.65 bits per heavy atom. The number of alkyl halides is 3. The van der Waals surface area contributed by atoms with Crippen LogP contribution in [-0.2, 0) is 4.74 Å². The van der Waals surface area contributed by atoms with Gasteiger partial charge in [0.05, 0.1) is 17.2 Å². The number of benzene rings is 1. The molecule has 2 N–H and O–H groups in total. The van der Waals surface area contributed by atoms with Crippen molar-refractivity contribution >= 4 is 21.6 Å². The summed E-state index contributed by atoms with van der Waals surface area (Å²) >= 11 is 3.00. The molecule has 0 aliphatic heterocycles. The average molecular weight is 358 g/mol. The molecular formula is C12H15BrF3NO3. The van der Waals surface area contributed by atoms with Crippen LogP contribution < -0.4 is 10.1 Å². The SMILES string of the molecule is CCOCC(O)CNc1ccc(OC(F)(F)F)c(Br)c1. The van der Waals surface area contributed by atoms with E-state index in [-0.39, 0.29) is 23.4 Å². The highest BCUT2D eigenvalue weighted by Crippen LogP contribution is 2.32. The third-order valence-corrected chi connectivity index (χ3v) is 2.83. The average Bonchev–Trinajstić information content (AvgIpc) is 2.35. The van der Waals surface area contributed by atoms with Crippen LogP contribution in [0.25, 0.3) is 0 Å². The molecule has 1 atom stereocenters. The van der Waals surface area contributed by atoms with Gasteiger partial charge in [-0.3, -0.25) is 0 Å². The molecule has 0 saturated heterocycles. The Balaban J connectivity index is 2.55. The van der Waals surface area contributed by atoms with Gasteiger partial charge < -0.3 is 19.9 Å². The molecule has 0 radical (unpaired) electrons. The van der Waals surface area contributed by atoms with E-state index in [1.54, 1.807) is 0 Å². The minimum Gasteiger partial charge on any atom is -0.405 e. The molecule has 0 spiro atoms. The van der Waals surface area contributed by atoms with Gasteiger partial charge in [0.25, 0.3) is 0 Å². The molecule has 20 heavy (non-hydrogen) atoms. The topological polar surface area (TPSA) is 50.7 Å². The molecule has 1 aromatic carbocycles. The maximum Gasteiger partial charge on any atom is 0.573 e. The molecular weight excluding hydrogens is 343 g/mol. The fourth-order valence-corrected chi connectivity index (χ4v) is 1.83. The Labute approximate surface area is 123 Å². The van der Waals surface area contributed by atoms with E-state index < -0.39 is 12.5 Å². The molecule has 114 valence electrons. The number of ether oxygens (including phenoxy) is 2. The molecule has 0 aliphatic carbocycles. The summed E-state index contributed by atoms with van der Waals surface area (Å²) in [6.07, 6.45) is -5.43. The van der Waals surface area contributed by atoms with Gasteiger partial charge in [0.15, 0.2) is 0 Å². The zero-order chi connectivity index (χ0) is 15.2. The molecule has 8 heteroatoms. The van der Waals surface area contributed by atoms with Crippen molar-refractivity contribution in [3.8, 4) is 5.75 Å². The van der Waals surface area contributed by atoms with Crippen LogP contribution in [0.5, 0.6) is 5.75 Å². The Morgan fingerprint density at radius 2 is 2.10 bits per heavy atom. The first-order valence-corrected chi connectivity index (χ1v) is 6.66. The Morgan fingerprint density at radius 1 is 1.40 bits per heavy atom. The summed E-state index contributed by atoms with van der Waals surface area (Å²) in [6, 6.07) is 4.06. The van der Waals surface area contributed by atoms with Crippen LogP contribution in [0.15, 0.2) is 22.7 Å². The normalized spacial score (nSPS) is 13.1. The van der Waals surface area contributed by atoms with Crippen molar-refractivity contribution < 1.29 is 27.8 Å². The fraction of sp³-hybridized carbons (Fsp3) is 0.500. The van der Waals surface area contributed by atoms with Crippen LogP contribution >= 0.6 is 15.9 Å². The molecule has 0 fully saturated rings. The quantitative estimate of drug-likeness (QED) is 0.786. The lowest BCUT2D eigenvalue weighted by Crippen LogP contribution is -2.24. The lowest BCUT2D eigenvalue weighted by molar-refractivity contribution is -0.274. The van der Waals surface area contributed by atoms with Gasteiger partial charge in [0.1, 0.15) is 5.75 Å². The molecule has 0 aromatic heterocycles. The van der Waals surface area contributed by atoms with Gasteiger partial charge in [-0.1, -0.05) is 0 Å². The van der Waals surface area contributed by atoms with E-state index in [9.17, 15) is 18.3 Å². The van der Waals surface area contributed by atoms with E-state index in [1.165, 1.54) is 18.2 Å². The van der Waals surface area contributed by atoms with Gasteiger partial charge in [-0.25, -0.2) is 0 Å². The van der Waals surface area contributed by atoms with E-state index in [2.05, 4.69) is 26.0 Å². The highest BCUT2D eigenvalue weighted by Gasteiger charge is 2.31. The second kappa shape index (κ2) is 7.70. The Kier molecular flexibility index (Phi) is 6.57. The van der Waals surface area contributed by atoms with Crippen LogP contribution in [0.4, 0.5) is 18.9 Å². The first kappa shape index (κ1) is 17.1. The molecule has 1 rings (SSSR count). The maximum atomic E-state index is 12.1. The number of aliphatic hydroxyl groups excluding tert-OH is 1. The van der Waals surface area contributed by atoms with Crippen molar-refractivity contribution in [2.75, 3.05) is 25.1 Å². The second-order valence-electron chi connectivity index (χ2n) is 3.89. The van der Waals surface area contributed by atoms with E-state index in [0.29, 0.717) is 12.3 Å². The summed E-state index contributed by atoms with van der Waals surface area (Å²) in [5.74, 6) is -0.321. The standard InChI is InChI=1S/C12H15BrF3NO3/c1-2-19-7-9(18)6-17-8-3-4-11(10(13)5-8)20-12(14,15)16/h3-5,9,17-18H,2,6-7H2,1H3.